The Morgan fingerprint density at radius 2 is 2.00 bits per heavy atom. The minimum absolute atomic E-state index is 0.0679. The molecule has 19 heavy (non-hydrogen) atoms. The van der Waals surface area contributed by atoms with Crippen LogP contribution in [0.5, 0.6) is 0 Å². The largest absolute Gasteiger partial charge is 0.478 e. The molecule has 7 nitrogen and oxygen atoms in total. The number of anilines is 1. The topological polar surface area (TPSA) is 118 Å². The number of aromatic carboxylic acids is 1. The van der Waals surface area contributed by atoms with Gasteiger partial charge in [0.2, 0.25) is 0 Å². The van der Waals surface area contributed by atoms with Crippen LogP contribution in [0.15, 0.2) is 39.9 Å². The van der Waals surface area contributed by atoms with Gasteiger partial charge >= 0.3 is 5.97 Å². The van der Waals surface area contributed by atoms with Gasteiger partial charge in [-0.25, -0.2) is 9.48 Å². The molecule has 0 bridgehead atoms. The Bertz CT molecular complexity index is 745. The van der Waals surface area contributed by atoms with Crippen LogP contribution in [0.2, 0.25) is 0 Å². The van der Waals surface area contributed by atoms with Gasteiger partial charge < -0.3 is 10.8 Å². The van der Waals surface area contributed by atoms with Gasteiger partial charge in [-0.05, 0) is 11.6 Å². The quantitative estimate of drug-likeness (QED) is 0.665. The third-order valence-corrected chi connectivity index (χ3v) is 2.61. The zero-order valence-corrected chi connectivity index (χ0v) is 9.79. The molecule has 0 saturated carbocycles. The van der Waals surface area contributed by atoms with Crippen molar-refractivity contribution in [3.8, 4) is 0 Å². The summed E-state index contributed by atoms with van der Waals surface area (Å²) in [6.45, 7) is -0.0679. The minimum atomic E-state index is -1.18. The molecule has 0 unspecified atom stereocenters. The SMILES string of the molecule is Nc1cccc(Cn2[nH]c(=O)ccc2=O)c1C(=O)O. The fourth-order valence-electron chi connectivity index (χ4n) is 1.76. The maximum absolute atomic E-state index is 11.6. The number of benzene rings is 1. The predicted molar refractivity (Wildman–Crippen MR) is 68.2 cm³/mol. The van der Waals surface area contributed by atoms with Crippen molar-refractivity contribution in [2.45, 2.75) is 6.54 Å². The summed E-state index contributed by atoms with van der Waals surface area (Å²) >= 11 is 0. The Balaban J connectivity index is 2.53. The molecule has 0 fully saturated rings. The summed E-state index contributed by atoms with van der Waals surface area (Å²) in [7, 11) is 0. The van der Waals surface area contributed by atoms with E-state index in [0.717, 1.165) is 16.8 Å². The molecule has 98 valence electrons. The predicted octanol–water partition coefficient (Wildman–Crippen LogP) is -0.135. The van der Waals surface area contributed by atoms with E-state index in [4.69, 9.17) is 10.8 Å². The molecule has 2 rings (SSSR count). The summed E-state index contributed by atoms with van der Waals surface area (Å²) in [4.78, 5) is 33.9. The Kier molecular flexibility index (Phi) is 3.19. The summed E-state index contributed by atoms with van der Waals surface area (Å²) < 4.78 is 1.03. The molecule has 1 aromatic heterocycles. The molecule has 0 spiro atoms. The molecule has 0 aliphatic rings. The van der Waals surface area contributed by atoms with E-state index in [2.05, 4.69) is 5.10 Å². The van der Waals surface area contributed by atoms with E-state index in [1.54, 1.807) is 6.07 Å². The molecular formula is C12H11N3O4. The van der Waals surface area contributed by atoms with Gasteiger partial charge in [-0.2, -0.15) is 0 Å². The molecule has 4 N–H and O–H groups in total. The van der Waals surface area contributed by atoms with E-state index in [1.165, 1.54) is 12.1 Å². The number of aromatic amines is 1. The zero-order chi connectivity index (χ0) is 14.0. The van der Waals surface area contributed by atoms with Gasteiger partial charge in [0.1, 0.15) is 0 Å². The number of carboxylic acid groups (broad SMARTS) is 1. The lowest BCUT2D eigenvalue weighted by Gasteiger charge is -2.10. The number of rotatable bonds is 3. The second-order valence-corrected chi connectivity index (χ2v) is 3.92. The Morgan fingerprint density at radius 1 is 1.26 bits per heavy atom. The monoisotopic (exact) mass is 261 g/mol. The molecule has 1 aromatic carbocycles. The first-order chi connectivity index (χ1) is 8.99. The van der Waals surface area contributed by atoms with E-state index in [1.807, 2.05) is 0 Å². The van der Waals surface area contributed by atoms with Crippen molar-refractivity contribution in [1.29, 1.82) is 0 Å². The molecular weight excluding hydrogens is 250 g/mol. The maximum Gasteiger partial charge on any atom is 0.338 e. The van der Waals surface area contributed by atoms with Crippen LogP contribution in [-0.4, -0.2) is 20.9 Å². The number of H-pyrrole nitrogens is 1. The number of nitrogen functional groups attached to an aromatic ring is 1. The zero-order valence-electron chi connectivity index (χ0n) is 9.79. The van der Waals surface area contributed by atoms with E-state index in [0.29, 0.717) is 5.56 Å². The van der Waals surface area contributed by atoms with Crippen LogP contribution in [0.25, 0.3) is 0 Å². The molecule has 0 saturated heterocycles. The second-order valence-electron chi connectivity index (χ2n) is 3.92. The van der Waals surface area contributed by atoms with Crippen molar-refractivity contribution < 1.29 is 9.90 Å². The lowest BCUT2D eigenvalue weighted by Crippen LogP contribution is -2.29. The molecule has 0 aliphatic carbocycles. The van der Waals surface area contributed by atoms with Crippen LogP contribution in [0.3, 0.4) is 0 Å². The summed E-state index contributed by atoms with van der Waals surface area (Å²) in [5.74, 6) is -1.18. The van der Waals surface area contributed by atoms with Gasteiger partial charge in [0.25, 0.3) is 11.1 Å². The van der Waals surface area contributed by atoms with Gasteiger partial charge in [-0.1, -0.05) is 12.1 Å². The number of carboxylic acids is 1. The normalized spacial score (nSPS) is 10.3. The van der Waals surface area contributed by atoms with Crippen LogP contribution in [-0.2, 0) is 6.54 Å². The van der Waals surface area contributed by atoms with Crippen molar-refractivity contribution >= 4 is 11.7 Å². The van der Waals surface area contributed by atoms with Crippen LogP contribution < -0.4 is 16.9 Å². The van der Waals surface area contributed by atoms with Gasteiger partial charge in [0, 0.05) is 17.8 Å². The van der Waals surface area contributed by atoms with E-state index >= 15 is 0 Å². The Hall–Kier alpha value is -2.83. The highest BCUT2D eigenvalue weighted by atomic mass is 16.4. The molecule has 1 heterocycles. The van der Waals surface area contributed by atoms with Crippen molar-refractivity contribution in [3.05, 3.63) is 62.2 Å². The minimum Gasteiger partial charge on any atom is -0.478 e. The maximum atomic E-state index is 11.6. The van der Waals surface area contributed by atoms with Crippen molar-refractivity contribution in [2.24, 2.45) is 0 Å². The molecule has 0 aliphatic heterocycles. The van der Waals surface area contributed by atoms with E-state index < -0.39 is 17.1 Å². The van der Waals surface area contributed by atoms with Crippen LogP contribution >= 0.6 is 0 Å². The first-order valence-corrected chi connectivity index (χ1v) is 5.40. The number of aromatic nitrogens is 2. The van der Waals surface area contributed by atoms with Crippen molar-refractivity contribution in [1.82, 2.24) is 9.78 Å². The number of nitrogens with zero attached hydrogens (tertiary/aromatic N) is 1. The smallest absolute Gasteiger partial charge is 0.338 e. The molecule has 7 heteroatoms. The molecule has 0 radical (unpaired) electrons. The van der Waals surface area contributed by atoms with Crippen molar-refractivity contribution in [2.75, 3.05) is 5.73 Å². The van der Waals surface area contributed by atoms with Crippen LogP contribution in [0.1, 0.15) is 15.9 Å². The van der Waals surface area contributed by atoms with E-state index in [9.17, 15) is 14.4 Å². The number of nitrogens with one attached hydrogen (secondary N) is 1. The number of carbonyl (C=O) groups is 1. The molecule has 2 aromatic rings. The third kappa shape index (κ3) is 2.54. The van der Waals surface area contributed by atoms with E-state index in [-0.39, 0.29) is 17.8 Å². The average Bonchev–Trinajstić information content (AvgIpc) is 2.33. The molecule has 0 amide bonds. The number of hydrogen-bond donors (Lipinski definition) is 3. The van der Waals surface area contributed by atoms with Gasteiger partial charge in [0.05, 0.1) is 12.1 Å². The van der Waals surface area contributed by atoms with Crippen molar-refractivity contribution in [3.63, 3.8) is 0 Å². The standard InChI is InChI=1S/C12H11N3O4/c13-8-3-1-2-7(11(8)12(18)19)6-15-10(17)5-4-9(16)14-15/h1-5H,6,13H2,(H,14,16)(H,18,19). The van der Waals surface area contributed by atoms with Gasteiger partial charge in [0.15, 0.2) is 0 Å². The first-order valence-electron chi connectivity index (χ1n) is 5.40. The lowest BCUT2D eigenvalue weighted by molar-refractivity contribution is 0.0696. The highest BCUT2D eigenvalue weighted by Crippen LogP contribution is 2.17. The highest BCUT2D eigenvalue weighted by molar-refractivity contribution is 5.95. The Labute approximate surface area is 106 Å². The summed E-state index contributed by atoms with van der Waals surface area (Å²) in [5.41, 5.74) is 5.11. The van der Waals surface area contributed by atoms with Gasteiger partial charge in [-0.15, -0.1) is 0 Å². The first kappa shape index (κ1) is 12.6. The fourth-order valence-corrected chi connectivity index (χ4v) is 1.76. The lowest BCUT2D eigenvalue weighted by atomic mass is 10.1. The number of nitrogens with two attached hydrogens (primary N) is 1. The Morgan fingerprint density at radius 3 is 2.68 bits per heavy atom. The van der Waals surface area contributed by atoms with Crippen LogP contribution in [0.4, 0.5) is 5.69 Å². The highest BCUT2D eigenvalue weighted by Gasteiger charge is 2.14. The average molecular weight is 261 g/mol. The second kappa shape index (κ2) is 4.81. The van der Waals surface area contributed by atoms with Crippen LogP contribution in [0, 0.1) is 0 Å². The molecule has 0 atom stereocenters. The number of hydrogen-bond acceptors (Lipinski definition) is 4. The third-order valence-electron chi connectivity index (χ3n) is 2.61. The van der Waals surface area contributed by atoms with Gasteiger partial charge in [-0.3, -0.25) is 14.7 Å². The fraction of sp³-hybridized carbons (Fsp3) is 0.0833. The summed E-state index contributed by atoms with van der Waals surface area (Å²) in [6.07, 6.45) is 0. The summed E-state index contributed by atoms with van der Waals surface area (Å²) in [6, 6.07) is 6.81. The summed E-state index contributed by atoms with van der Waals surface area (Å²) in [5, 5.41) is 11.4.